The van der Waals surface area contributed by atoms with Gasteiger partial charge in [0, 0.05) is 20.6 Å². The predicted molar refractivity (Wildman–Crippen MR) is 124 cm³/mol. The molecule has 1 aliphatic rings. The molecule has 1 saturated heterocycles. The maximum absolute atomic E-state index is 12.8. The number of carbonyl (C=O) groups is 2. The fourth-order valence-electron chi connectivity index (χ4n) is 2.48. The topological polar surface area (TPSA) is 58.6 Å². The summed E-state index contributed by atoms with van der Waals surface area (Å²) in [4.78, 5) is 25.7. The van der Waals surface area contributed by atoms with E-state index < -0.39 is 11.8 Å². The molecule has 2 aromatic carbocycles. The maximum atomic E-state index is 12.8. The lowest BCUT2D eigenvalue weighted by Crippen LogP contribution is -2.44. The van der Waals surface area contributed by atoms with Crippen molar-refractivity contribution < 1.29 is 14.3 Å². The number of benzene rings is 2. The highest BCUT2D eigenvalue weighted by molar-refractivity contribution is 9.10. The Hall–Kier alpha value is -1.87. The van der Waals surface area contributed by atoms with Crippen LogP contribution in [-0.4, -0.2) is 27.8 Å². The Morgan fingerprint density at radius 1 is 1.34 bits per heavy atom. The third kappa shape index (κ3) is 5.39. The molecule has 150 valence electrons. The number of hydrogen-bond acceptors (Lipinski definition) is 5. The van der Waals surface area contributed by atoms with Crippen LogP contribution in [0.5, 0.6) is 5.75 Å². The van der Waals surface area contributed by atoms with Gasteiger partial charge in [-0.05, 0) is 61.1 Å². The van der Waals surface area contributed by atoms with Gasteiger partial charge in [-0.3, -0.25) is 15.0 Å². The van der Waals surface area contributed by atoms with E-state index in [1.54, 1.807) is 24.3 Å². The zero-order chi connectivity index (χ0) is 21.0. The van der Waals surface area contributed by atoms with Crippen LogP contribution < -0.4 is 10.2 Å². The molecule has 29 heavy (non-hydrogen) atoms. The Kier molecular flexibility index (Phi) is 7.34. The minimum Gasteiger partial charge on any atom is -0.493 e. The molecule has 1 fully saturated rings. The monoisotopic (exact) mass is 510 g/mol. The van der Waals surface area contributed by atoms with Crippen LogP contribution in [0.3, 0.4) is 0 Å². The summed E-state index contributed by atoms with van der Waals surface area (Å²) in [7, 11) is 0. The third-order valence-corrected chi connectivity index (χ3v) is 5.84. The van der Waals surface area contributed by atoms with Crippen molar-refractivity contribution in [2.24, 2.45) is 0 Å². The van der Waals surface area contributed by atoms with Crippen molar-refractivity contribution in [3.63, 3.8) is 0 Å². The van der Waals surface area contributed by atoms with Gasteiger partial charge in [0.25, 0.3) is 11.8 Å². The Balaban J connectivity index is 1.82. The van der Waals surface area contributed by atoms with Crippen molar-refractivity contribution >= 4 is 73.7 Å². The van der Waals surface area contributed by atoms with Crippen LogP contribution in [0.1, 0.15) is 29.3 Å². The van der Waals surface area contributed by atoms with Gasteiger partial charge in [0.1, 0.15) is 5.75 Å². The minimum absolute atomic E-state index is 0.239. The van der Waals surface area contributed by atoms with Crippen LogP contribution in [0.15, 0.2) is 51.8 Å². The molecule has 1 aliphatic heterocycles. The summed E-state index contributed by atoms with van der Waals surface area (Å²) >= 11 is 15.8. The van der Waals surface area contributed by atoms with Crippen LogP contribution in [0, 0.1) is 0 Å². The van der Waals surface area contributed by atoms with Crippen molar-refractivity contribution in [2.75, 3.05) is 6.61 Å². The molecule has 1 heterocycles. The van der Waals surface area contributed by atoms with E-state index in [0.717, 1.165) is 33.2 Å². The summed E-state index contributed by atoms with van der Waals surface area (Å²) in [6.45, 7) is 2.59. The highest BCUT2D eigenvalue weighted by Crippen LogP contribution is 2.34. The van der Waals surface area contributed by atoms with Gasteiger partial charge in [0.05, 0.1) is 11.5 Å². The number of nitrogens with zero attached hydrogens (tertiary/aromatic N) is 1. The summed E-state index contributed by atoms with van der Waals surface area (Å²) < 4.78 is 6.86. The highest BCUT2D eigenvalue weighted by Gasteiger charge is 2.34. The Morgan fingerprint density at radius 2 is 2.14 bits per heavy atom. The van der Waals surface area contributed by atoms with E-state index in [0.29, 0.717) is 27.8 Å². The number of halogens is 2. The molecule has 0 radical (unpaired) electrons. The van der Waals surface area contributed by atoms with E-state index in [-0.39, 0.29) is 4.32 Å². The number of nitrogens with one attached hydrogen (secondary N) is 1. The van der Waals surface area contributed by atoms with Crippen molar-refractivity contribution in [1.29, 1.82) is 0 Å². The van der Waals surface area contributed by atoms with E-state index in [4.69, 9.17) is 28.6 Å². The van der Waals surface area contributed by atoms with Gasteiger partial charge >= 0.3 is 0 Å². The van der Waals surface area contributed by atoms with Gasteiger partial charge in [0.15, 0.2) is 4.32 Å². The first-order valence-electron chi connectivity index (χ1n) is 8.66. The van der Waals surface area contributed by atoms with Gasteiger partial charge in [-0.25, -0.2) is 0 Å². The smallest absolute Gasteiger partial charge is 0.285 e. The molecule has 0 aliphatic carbocycles. The zero-order valence-corrected chi connectivity index (χ0v) is 19.3. The summed E-state index contributed by atoms with van der Waals surface area (Å²) in [5, 5.41) is 1.50. The molecule has 0 atom stereocenters. The van der Waals surface area contributed by atoms with Crippen LogP contribution in [0.25, 0.3) is 6.08 Å². The van der Waals surface area contributed by atoms with E-state index in [1.807, 2.05) is 25.1 Å². The fourth-order valence-corrected chi connectivity index (χ4v) is 4.22. The second kappa shape index (κ2) is 9.75. The normalized spacial score (nSPS) is 15.1. The first-order chi connectivity index (χ1) is 13.9. The third-order valence-electron chi connectivity index (χ3n) is 3.81. The van der Waals surface area contributed by atoms with Crippen molar-refractivity contribution in [2.45, 2.75) is 13.3 Å². The minimum atomic E-state index is -0.473. The second-order valence-electron chi connectivity index (χ2n) is 6.00. The van der Waals surface area contributed by atoms with Crippen molar-refractivity contribution in [1.82, 2.24) is 10.4 Å². The average molecular weight is 512 g/mol. The predicted octanol–water partition coefficient (Wildman–Crippen LogP) is 5.44. The highest BCUT2D eigenvalue weighted by atomic mass is 79.9. The first kappa shape index (κ1) is 21.8. The molecule has 1 N–H and O–H groups in total. The van der Waals surface area contributed by atoms with Gasteiger partial charge in [-0.2, -0.15) is 5.01 Å². The van der Waals surface area contributed by atoms with E-state index >= 15 is 0 Å². The van der Waals surface area contributed by atoms with Gasteiger partial charge in [-0.15, -0.1) is 0 Å². The van der Waals surface area contributed by atoms with Crippen LogP contribution in [-0.2, 0) is 4.79 Å². The summed E-state index contributed by atoms with van der Waals surface area (Å²) in [5.41, 5.74) is 3.62. The number of hydrogen-bond donors (Lipinski definition) is 1. The number of rotatable bonds is 6. The van der Waals surface area contributed by atoms with E-state index in [9.17, 15) is 9.59 Å². The lowest BCUT2D eigenvalue weighted by atomic mass is 10.2. The van der Waals surface area contributed by atoms with Crippen molar-refractivity contribution in [3.8, 4) is 5.75 Å². The van der Waals surface area contributed by atoms with Crippen LogP contribution in [0.2, 0.25) is 5.02 Å². The molecule has 0 spiro atoms. The number of ether oxygens (including phenoxy) is 1. The second-order valence-corrected chi connectivity index (χ2v) is 9.03. The molecule has 0 bridgehead atoms. The number of thioether (sulfide) groups is 1. The van der Waals surface area contributed by atoms with E-state index in [2.05, 4.69) is 21.4 Å². The first-order valence-corrected chi connectivity index (χ1v) is 11.1. The zero-order valence-electron chi connectivity index (χ0n) is 15.3. The number of amides is 2. The van der Waals surface area contributed by atoms with E-state index in [1.165, 1.54) is 6.07 Å². The fraction of sp³-hybridized carbons (Fsp3) is 0.150. The van der Waals surface area contributed by atoms with Gasteiger partial charge < -0.3 is 4.74 Å². The average Bonchev–Trinajstić information content (AvgIpc) is 2.95. The summed E-state index contributed by atoms with van der Waals surface area (Å²) in [5.74, 6) is -0.209. The quantitative estimate of drug-likeness (QED) is 0.413. The largest absolute Gasteiger partial charge is 0.493 e. The van der Waals surface area contributed by atoms with Crippen LogP contribution >= 0.6 is 51.5 Å². The Labute approximate surface area is 191 Å². The van der Waals surface area contributed by atoms with Crippen molar-refractivity contribution in [3.05, 3.63) is 68.0 Å². The summed E-state index contributed by atoms with van der Waals surface area (Å²) in [6.07, 6.45) is 2.58. The molecular weight excluding hydrogens is 496 g/mol. The molecule has 9 heteroatoms. The molecule has 0 aromatic heterocycles. The van der Waals surface area contributed by atoms with Gasteiger partial charge in [0.2, 0.25) is 0 Å². The SMILES string of the molecule is CCCOc1ccc(Br)cc1/C=C1/SC(=S)N(NC(=O)c2cccc(Cl)c2)C1=O. The van der Waals surface area contributed by atoms with Crippen LogP contribution in [0.4, 0.5) is 0 Å². The molecule has 0 saturated carbocycles. The molecule has 2 amide bonds. The molecule has 5 nitrogen and oxygen atoms in total. The number of thiocarbonyl (C=S) groups is 1. The maximum Gasteiger partial charge on any atom is 0.285 e. The Bertz CT molecular complexity index is 1010. The molecule has 2 aromatic rings. The summed E-state index contributed by atoms with van der Waals surface area (Å²) in [6, 6.07) is 12.0. The molecule has 3 rings (SSSR count). The number of hydrazine groups is 1. The number of carbonyl (C=O) groups excluding carboxylic acids is 2. The Morgan fingerprint density at radius 3 is 2.86 bits per heavy atom. The lowest BCUT2D eigenvalue weighted by molar-refractivity contribution is -0.123. The molecular formula is C20H16BrClN2O3S2. The molecule has 0 unspecified atom stereocenters. The standard InChI is InChI=1S/C20H16BrClN2O3S2/c1-2-8-27-16-7-6-14(21)9-13(16)11-17-19(26)24(20(28)29-17)23-18(25)12-4-3-5-15(22)10-12/h3-7,9-11H,2,8H2,1H3,(H,23,25)/b17-11+. The van der Waals surface area contributed by atoms with Gasteiger partial charge in [-0.1, -0.05) is 52.3 Å². The lowest BCUT2D eigenvalue weighted by Gasteiger charge is -2.15.